The van der Waals surface area contributed by atoms with Crippen molar-refractivity contribution in [3.05, 3.63) is 29.3 Å². The molecular formula is C8H7N2O. The van der Waals surface area contributed by atoms with Gasteiger partial charge in [0.2, 0.25) is 0 Å². The van der Waals surface area contributed by atoms with Gasteiger partial charge >= 0.3 is 0 Å². The zero-order valence-electron chi connectivity index (χ0n) is 5.87. The van der Waals surface area contributed by atoms with Crippen LogP contribution in [0.5, 0.6) is 0 Å². The van der Waals surface area contributed by atoms with Crippen LogP contribution < -0.4 is 5.73 Å². The van der Waals surface area contributed by atoms with Crippen LogP contribution in [0.4, 0.5) is 5.69 Å². The number of nitrogen functional groups attached to an aromatic ring is 1. The first-order valence-electron chi connectivity index (χ1n) is 3.14. The molecule has 3 nitrogen and oxygen atoms in total. The second kappa shape index (κ2) is 3.04. The summed E-state index contributed by atoms with van der Waals surface area (Å²) < 4.78 is 0. The summed E-state index contributed by atoms with van der Waals surface area (Å²) in [6.45, 7) is -0.334. The standard InChI is InChI=1S/C8H7N2O/c9-4-6-1-7(5-11)3-8(10)2-6/h1-3H,5,10H2. The van der Waals surface area contributed by atoms with Gasteiger partial charge in [-0.3, -0.25) is 0 Å². The minimum absolute atomic E-state index is 0.334. The van der Waals surface area contributed by atoms with E-state index in [2.05, 4.69) is 0 Å². The van der Waals surface area contributed by atoms with Gasteiger partial charge in [0.1, 0.15) is 6.61 Å². The van der Waals surface area contributed by atoms with E-state index in [0.717, 1.165) is 0 Å². The summed E-state index contributed by atoms with van der Waals surface area (Å²) in [5.74, 6) is 0. The number of hydrogen-bond donors (Lipinski definition) is 1. The molecule has 0 aliphatic carbocycles. The van der Waals surface area contributed by atoms with Gasteiger partial charge in [0.05, 0.1) is 11.6 Å². The zero-order valence-corrected chi connectivity index (χ0v) is 5.87. The Morgan fingerprint density at radius 3 is 2.73 bits per heavy atom. The number of nitriles is 1. The van der Waals surface area contributed by atoms with Gasteiger partial charge in [-0.25, -0.2) is 5.11 Å². The molecule has 0 saturated heterocycles. The first-order valence-corrected chi connectivity index (χ1v) is 3.14. The maximum Gasteiger partial charge on any atom is 0.107 e. The lowest BCUT2D eigenvalue weighted by Crippen LogP contribution is -1.90. The van der Waals surface area contributed by atoms with Gasteiger partial charge in [-0.15, -0.1) is 0 Å². The first kappa shape index (κ1) is 7.58. The lowest BCUT2D eigenvalue weighted by Gasteiger charge is -1.97. The van der Waals surface area contributed by atoms with Gasteiger partial charge in [0.25, 0.3) is 0 Å². The van der Waals surface area contributed by atoms with Crippen LogP contribution in [0, 0.1) is 11.3 Å². The van der Waals surface area contributed by atoms with E-state index in [1.165, 1.54) is 0 Å². The molecule has 11 heavy (non-hydrogen) atoms. The summed E-state index contributed by atoms with van der Waals surface area (Å²) >= 11 is 0. The Hall–Kier alpha value is -1.53. The quantitative estimate of drug-likeness (QED) is 0.603. The average Bonchev–Trinajstić information content (AvgIpc) is 2.03. The van der Waals surface area contributed by atoms with Gasteiger partial charge in [-0.05, 0) is 23.8 Å². The molecule has 0 aromatic heterocycles. The monoisotopic (exact) mass is 147 g/mol. The van der Waals surface area contributed by atoms with E-state index in [1.54, 1.807) is 18.2 Å². The molecule has 55 valence electrons. The number of rotatable bonds is 1. The molecule has 0 bridgehead atoms. The Bertz CT molecular complexity index is 301. The third-order valence-corrected chi connectivity index (χ3v) is 1.31. The van der Waals surface area contributed by atoms with Crippen molar-refractivity contribution in [1.29, 1.82) is 5.26 Å². The molecule has 0 heterocycles. The van der Waals surface area contributed by atoms with Crippen LogP contribution in [0.25, 0.3) is 0 Å². The molecule has 1 rings (SSSR count). The number of nitrogens with zero attached hydrogens (tertiary/aromatic N) is 1. The second-order valence-electron chi connectivity index (χ2n) is 2.22. The number of nitrogens with two attached hydrogens (primary N) is 1. The van der Waals surface area contributed by atoms with E-state index < -0.39 is 0 Å². The predicted molar refractivity (Wildman–Crippen MR) is 40.0 cm³/mol. The third kappa shape index (κ3) is 1.69. The van der Waals surface area contributed by atoms with E-state index in [0.29, 0.717) is 16.8 Å². The Morgan fingerprint density at radius 2 is 2.18 bits per heavy atom. The van der Waals surface area contributed by atoms with Crippen molar-refractivity contribution in [2.45, 2.75) is 6.61 Å². The highest BCUT2D eigenvalue weighted by molar-refractivity contribution is 5.48. The number of anilines is 1. The van der Waals surface area contributed by atoms with E-state index in [-0.39, 0.29) is 6.61 Å². The summed E-state index contributed by atoms with van der Waals surface area (Å²) in [6, 6.07) is 6.59. The van der Waals surface area contributed by atoms with Gasteiger partial charge in [-0.2, -0.15) is 5.26 Å². The molecular weight excluding hydrogens is 140 g/mol. The fourth-order valence-electron chi connectivity index (χ4n) is 0.866. The largest absolute Gasteiger partial charge is 0.399 e. The normalized spacial score (nSPS) is 9.09. The molecule has 0 aliphatic rings. The van der Waals surface area contributed by atoms with Crippen molar-refractivity contribution in [3.63, 3.8) is 0 Å². The lowest BCUT2D eigenvalue weighted by molar-refractivity contribution is 0.177. The molecule has 2 N–H and O–H groups in total. The van der Waals surface area contributed by atoms with Crippen LogP contribution in [-0.2, 0) is 11.7 Å². The predicted octanol–water partition coefficient (Wildman–Crippen LogP) is 1.07. The van der Waals surface area contributed by atoms with Crippen molar-refractivity contribution in [3.8, 4) is 6.07 Å². The molecule has 0 spiro atoms. The van der Waals surface area contributed by atoms with Crippen LogP contribution in [0.3, 0.4) is 0 Å². The van der Waals surface area contributed by atoms with Crippen LogP contribution in [0.2, 0.25) is 0 Å². The van der Waals surface area contributed by atoms with Gasteiger partial charge in [0.15, 0.2) is 0 Å². The van der Waals surface area contributed by atoms with Crippen molar-refractivity contribution in [2.75, 3.05) is 5.73 Å². The highest BCUT2D eigenvalue weighted by Crippen LogP contribution is 2.10. The van der Waals surface area contributed by atoms with Gasteiger partial charge in [0, 0.05) is 5.69 Å². The van der Waals surface area contributed by atoms with Crippen LogP contribution in [0.15, 0.2) is 18.2 Å². The topological polar surface area (TPSA) is 69.7 Å². The van der Waals surface area contributed by atoms with Crippen LogP contribution in [0.1, 0.15) is 11.1 Å². The van der Waals surface area contributed by atoms with Gasteiger partial charge < -0.3 is 5.73 Å². The molecule has 0 amide bonds. The minimum Gasteiger partial charge on any atom is -0.399 e. The van der Waals surface area contributed by atoms with E-state index in [1.807, 2.05) is 6.07 Å². The Morgan fingerprint density at radius 1 is 1.45 bits per heavy atom. The molecule has 1 aromatic rings. The third-order valence-electron chi connectivity index (χ3n) is 1.31. The highest BCUT2D eigenvalue weighted by atomic mass is 16.3. The molecule has 0 saturated carbocycles. The molecule has 3 heteroatoms. The highest BCUT2D eigenvalue weighted by Gasteiger charge is 1.96. The molecule has 1 aromatic carbocycles. The average molecular weight is 147 g/mol. The second-order valence-corrected chi connectivity index (χ2v) is 2.22. The maximum atomic E-state index is 10.4. The fourth-order valence-corrected chi connectivity index (χ4v) is 0.866. The smallest absolute Gasteiger partial charge is 0.107 e. The molecule has 0 unspecified atom stereocenters. The summed E-state index contributed by atoms with van der Waals surface area (Å²) in [4.78, 5) is 0. The summed E-state index contributed by atoms with van der Waals surface area (Å²) in [6.07, 6.45) is 0. The van der Waals surface area contributed by atoms with Crippen molar-refractivity contribution in [2.24, 2.45) is 0 Å². The van der Waals surface area contributed by atoms with E-state index in [9.17, 15) is 5.11 Å². The summed E-state index contributed by atoms with van der Waals surface area (Å²) in [7, 11) is 0. The minimum atomic E-state index is -0.334. The Balaban J connectivity index is 3.15. The zero-order chi connectivity index (χ0) is 8.27. The van der Waals surface area contributed by atoms with E-state index in [4.69, 9.17) is 11.0 Å². The van der Waals surface area contributed by atoms with E-state index >= 15 is 0 Å². The SMILES string of the molecule is N#Cc1cc(N)cc(C[O])c1. The van der Waals surface area contributed by atoms with Crippen LogP contribution in [-0.4, -0.2) is 0 Å². The van der Waals surface area contributed by atoms with Crippen molar-refractivity contribution >= 4 is 5.69 Å². The lowest BCUT2D eigenvalue weighted by atomic mass is 10.1. The molecule has 0 fully saturated rings. The Labute approximate surface area is 64.7 Å². The van der Waals surface area contributed by atoms with Crippen molar-refractivity contribution < 1.29 is 5.11 Å². The Kier molecular flexibility index (Phi) is 2.09. The molecule has 0 atom stereocenters. The van der Waals surface area contributed by atoms with Gasteiger partial charge in [-0.1, -0.05) is 0 Å². The maximum absolute atomic E-state index is 10.4. The first-order chi connectivity index (χ1) is 5.26. The number of hydrogen-bond acceptors (Lipinski definition) is 2. The van der Waals surface area contributed by atoms with Crippen LogP contribution >= 0.6 is 0 Å². The summed E-state index contributed by atoms with van der Waals surface area (Å²) in [5, 5.41) is 18.9. The van der Waals surface area contributed by atoms with Crippen molar-refractivity contribution in [1.82, 2.24) is 0 Å². The fraction of sp³-hybridized carbons (Fsp3) is 0.125. The number of benzene rings is 1. The molecule has 0 aliphatic heterocycles. The molecule has 1 radical (unpaired) electrons. The summed E-state index contributed by atoms with van der Waals surface area (Å²) in [5.41, 5.74) is 6.89.